The fraction of sp³-hybridized carbons (Fsp3) is 0.583. The summed E-state index contributed by atoms with van der Waals surface area (Å²) in [5.74, 6) is 1.49. The summed E-state index contributed by atoms with van der Waals surface area (Å²) in [6.45, 7) is 19.8. The van der Waals surface area contributed by atoms with Crippen molar-refractivity contribution < 1.29 is 4.57 Å². The van der Waals surface area contributed by atoms with Crippen LogP contribution < -0.4 is 9.75 Å². The van der Waals surface area contributed by atoms with Crippen LogP contribution in [0.25, 0.3) is 22.0 Å². The molecule has 204 valence electrons. The Morgan fingerprint density at radius 1 is 0.763 bits per heavy atom. The molecule has 2 aliphatic rings. The molecule has 2 saturated carbocycles. The van der Waals surface area contributed by atoms with Crippen LogP contribution in [0.4, 0.5) is 0 Å². The summed E-state index contributed by atoms with van der Waals surface area (Å²) in [5, 5.41) is 4.96. The summed E-state index contributed by atoms with van der Waals surface area (Å²) >= 11 is 0. The highest BCUT2D eigenvalue weighted by atomic mass is 28.3. The number of hydrogen-bond acceptors (Lipinski definition) is 0. The Morgan fingerprint density at radius 3 is 1.92 bits per heavy atom. The van der Waals surface area contributed by atoms with E-state index in [1.165, 1.54) is 79.0 Å². The van der Waals surface area contributed by atoms with Gasteiger partial charge in [0.2, 0.25) is 5.69 Å². The quantitative estimate of drug-likeness (QED) is 0.235. The van der Waals surface area contributed by atoms with Crippen LogP contribution in [0.3, 0.4) is 0 Å². The molecule has 0 spiro atoms. The van der Waals surface area contributed by atoms with E-state index in [2.05, 4.69) is 109 Å². The third-order valence-corrected chi connectivity index (χ3v) is 18.5. The van der Waals surface area contributed by atoms with E-state index >= 15 is 0 Å². The second kappa shape index (κ2) is 9.92. The fourth-order valence-corrected chi connectivity index (χ4v) is 13.0. The Hall–Kier alpha value is -1.93. The van der Waals surface area contributed by atoms with Gasteiger partial charge in [0, 0.05) is 6.07 Å². The lowest BCUT2D eigenvalue weighted by atomic mass is 9.84. The zero-order valence-electron chi connectivity index (χ0n) is 25.8. The lowest BCUT2D eigenvalue weighted by Gasteiger charge is -2.50. The van der Waals surface area contributed by atoms with Crippen molar-refractivity contribution in [2.75, 3.05) is 0 Å². The Bertz CT molecular complexity index is 1310. The third-order valence-electron chi connectivity index (χ3n) is 11.1. The minimum absolute atomic E-state index is 0.281. The Kier molecular flexibility index (Phi) is 7.21. The number of hydrogen-bond donors (Lipinski definition) is 0. The zero-order chi connectivity index (χ0) is 27.5. The molecule has 1 aromatic heterocycles. The smallest absolute Gasteiger partial charge is 0.200 e. The summed E-state index contributed by atoms with van der Waals surface area (Å²) in [5.41, 5.74) is 7.66. The van der Waals surface area contributed by atoms with Crippen LogP contribution in [-0.2, 0) is 7.05 Å². The lowest BCUT2D eigenvalue weighted by Crippen LogP contribution is -2.58. The molecule has 38 heavy (non-hydrogen) atoms. The number of rotatable bonds is 4. The summed E-state index contributed by atoms with van der Waals surface area (Å²) in [4.78, 5) is 0. The maximum Gasteiger partial charge on any atom is 0.220 e. The van der Waals surface area contributed by atoms with E-state index in [9.17, 15) is 0 Å². The molecule has 2 aromatic carbocycles. The number of aromatic nitrogens is 1. The van der Waals surface area contributed by atoms with E-state index < -0.39 is 8.07 Å². The normalized spacial score (nSPS) is 18.1. The predicted molar refractivity (Wildman–Crippen MR) is 168 cm³/mol. The van der Waals surface area contributed by atoms with Crippen molar-refractivity contribution in [3.63, 3.8) is 0 Å². The topological polar surface area (TPSA) is 3.88 Å². The van der Waals surface area contributed by atoms with E-state index in [-0.39, 0.29) is 10.1 Å². The van der Waals surface area contributed by atoms with E-state index in [1.54, 1.807) is 16.3 Å². The molecule has 0 bridgehead atoms. The molecule has 0 unspecified atom stereocenters. The number of aryl methyl sites for hydroxylation is 1. The highest BCUT2D eigenvalue weighted by molar-refractivity contribution is 6.95. The summed E-state index contributed by atoms with van der Waals surface area (Å²) in [6, 6.07) is 15.1. The van der Waals surface area contributed by atoms with Gasteiger partial charge in [-0.15, -0.1) is 0 Å². The van der Waals surface area contributed by atoms with Gasteiger partial charge in [-0.05, 0) is 88.7 Å². The molecule has 0 amide bonds. The Labute approximate surface area is 234 Å². The van der Waals surface area contributed by atoms with Crippen LogP contribution in [-0.4, -0.2) is 8.07 Å². The molecule has 3 aromatic rings. The fourth-order valence-electron chi connectivity index (χ4n) is 8.17. The highest BCUT2D eigenvalue weighted by Gasteiger charge is 2.50. The molecule has 0 atom stereocenters. The van der Waals surface area contributed by atoms with Crippen LogP contribution >= 0.6 is 0 Å². The zero-order valence-corrected chi connectivity index (χ0v) is 26.8. The van der Waals surface area contributed by atoms with Gasteiger partial charge in [-0.25, -0.2) is 4.57 Å². The Morgan fingerprint density at radius 2 is 1.34 bits per heavy atom. The van der Waals surface area contributed by atoms with Gasteiger partial charge >= 0.3 is 0 Å². The molecule has 0 aliphatic heterocycles. The first kappa shape index (κ1) is 27.6. The molecule has 2 heteroatoms. The third kappa shape index (κ3) is 4.59. The summed E-state index contributed by atoms with van der Waals surface area (Å²) < 4.78 is 2.39. The standard InChI is InChI=1S/C36H52NSi/c1-25-32(27-16-12-13-17-27)23-29(26-14-10-11-15-26)24-33(25)34-31-19-18-30(22-28(31)20-21-37(34)8)38(9,35(2,3)4)36(5,6)7/h18-24,26-27H,10-17H2,1-9H3/q+1. The van der Waals surface area contributed by atoms with Crippen LogP contribution in [0, 0.1) is 6.92 Å². The van der Waals surface area contributed by atoms with Crippen LogP contribution in [0.2, 0.25) is 16.6 Å². The number of nitrogens with zero attached hydrogens (tertiary/aromatic N) is 1. The van der Waals surface area contributed by atoms with Crippen molar-refractivity contribution in [1.82, 2.24) is 0 Å². The van der Waals surface area contributed by atoms with E-state index in [0.29, 0.717) is 0 Å². The average molecular weight is 527 g/mol. The number of benzene rings is 2. The van der Waals surface area contributed by atoms with E-state index in [1.807, 2.05) is 0 Å². The first-order valence-electron chi connectivity index (χ1n) is 15.4. The van der Waals surface area contributed by atoms with Gasteiger partial charge in [-0.2, -0.15) is 0 Å². The van der Waals surface area contributed by atoms with Crippen molar-refractivity contribution in [3.05, 3.63) is 59.3 Å². The number of fused-ring (bicyclic) bond motifs is 1. The summed E-state index contributed by atoms with van der Waals surface area (Å²) in [6.07, 6.45) is 13.3. The molecule has 5 rings (SSSR count). The highest BCUT2D eigenvalue weighted by Crippen LogP contribution is 2.51. The van der Waals surface area contributed by atoms with Crippen molar-refractivity contribution >= 4 is 24.0 Å². The SMILES string of the molecule is Cc1c(-c2c3ccc([Si](C)(C(C)(C)C)C(C)(C)C)cc3cc[n+]2C)cc(C2CCCC2)cc1C1CCCC1. The van der Waals surface area contributed by atoms with Crippen molar-refractivity contribution in [1.29, 1.82) is 0 Å². The lowest BCUT2D eigenvalue weighted by molar-refractivity contribution is -0.659. The molecule has 1 heterocycles. The molecule has 1 nitrogen and oxygen atoms in total. The molecule has 0 saturated heterocycles. The monoisotopic (exact) mass is 526 g/mol. The van der Waals surface area contributed by atoms with E-state index in [0.717, 1.165) is 11.8 Å². The van der Waals surface area contributed by atoms with Gasteiger partial charge in [0.1, 0.15) is 7.05 Å². The largest absolute Gasteiger partial charge is 0.220 e. The van der Waals surface area contributed by atoms with Crippen molar-refractivity contribution in [2.45, 2.75) is 128 Å². The summed E-state index contributed by atoms with van der Waals surface area (Å²) in [7, 11) is 0.425. The molecule has 0 radical (unpaired) electrons. The second-order valence-electron chi connectivity index (χ2n) is 14.9. The maximum atomic E-state index is 2.64. The molecule has 2 aliphatic carbocycles. The van der Waals surface area contributed by atoms with Crippen LogP contribution in [0.15, 0.2) is 42.6 Å². The van der Waals surface area contributed by atoms with Gasteiger partial charge in [-0.3, -0.25) is 0 Å². The van der Waals surface area contributed by atoms with Gasteiger partial charge in [0.05, 0.1) is 19.0 Å². The minimum atomic E-state index is -1.83. The Balaban J connectivity index is 1.72. The molecule has 2 fully saturated rings. The number of pyridine rings is 1. The molecule has 0 N–H and O–H groups in total. The van der Waals surface area contributed by atoms with Gasteiger partial charge in [0.25, 0.3) is 0 Å². The minimum Gasteiger partial charge on any atom is -0.200 e. The van der Waals surface area contributed by atoms with Gasteiger partial charge < -0.3 is 0 Å². The molecular weight excluding hydrogens is 474 g/mol. The first-order chi connectivity index (χ1) is 17.8. The van der Waals surface area contributed by atoms with Crippen molar-refractivity contribution in [2.24, 2.45) is 7.05 Å². The van der Waals surface area contributed by atoms with Gasteiger partial charge in [0.15, 0.2) is 6.20 Å². The maximum absolute atomic E-state index is 2.64. The predicted octanol–water partition coefficient (Wildman–Crippen LogP) is 9.84. The van der Waals surface area contributed by atoms with Gasteiger partial charge in [-0.1, -0.05) is 97.2 Å². The first-order valence-corrected chi connectivity index (χ1v) is 17.9. The van der Waals surface area contributed by atoms with Crippen LogP contribution in [0.1, 0.15) is 121 Å². The van der Waals surface area contributed by atoms with Crippen molar-refractivity contribution in [3.8, 4) is 11.3 Å². The second-order valence-corrected chi connectivity index (χ2v) is 20.8. The van der Waals surface area contributed by atoms with Crippen LogP contribution in [0.5, 0.6) is 0 Å². The van der Waals surface area contributed by atoms with E-state index in [4.69, 9.17) is 0 Å². The molecular formula is C36H52NSi+. The average Bonchev–Trinajstić information content (AvgIpc) is 3.57.